The van der Waals surface area contributed by atoms with Crippen molar-refractivity contribution < 1.29 is 0 Å². The monoisotopic (exact) mass is 494 g/mol. The van der Waals surface area contributed by atoms with Crippen LogP contribution in [0, 0.1) is 0 Å². The van der Waals surface area contributed by atoms with Crippen molar-refractivity contribution in [3.63, 3.8) is 0 Å². The average molecular weight is 495 g/mol. The highest BCUT2D eigenvalue weighted by Crippen LogP contribution is 2.92. The molecule has 0 N–H and O–H groups in total. The van der Waals surface area contributed by atoms with Gasteiger partial charge < -0.3 is 0 Å². The quantitative estimate of drug-likeness (QED) is 0.387. The molecule has 0 aliphatic carbocycles. The largest absolute Gasteiger partial charge is 0.0679 e. The van der Waals surface area contributed by atoms with E-state index < -0.39 is 27.5 Å². The summed E-state index contributed by atoms with van der Waals surface area (Å²) < 4.78 is 0. The van der Waals surface area contributed by atoms with Crippen LogP contribution in [0.1, 0.15) is 83.1 Å². The van der Waals surface area contributed by atoms with Crippen molar-refractivity contribution in [2.24, 2.45) is 0 Å². The van der Waals surface area contributed by atoms with Crippen LogP contribution in [0.4, 0.5) is 0 Å². The third-order valence-electron chi connectivity index (χ3n) is 9.60. The van der Waals surface area contributed by atoms with Gasteiger partial charge in [0.25, 0.3) is 0 Å². The minimum absolute atomic E-state index is 0.433. The minimum Gasteiger partial charge on any atom is -0.0675 e. The number of hydrogen-bond donors (Lipinski definition) is 0. The normalized spacial score (nSPS) is 28.8. The molecular formula is C28H46Si4. The lowest BCUT2D eigenvalue weighted by atomic mass is 10.2. The third-order valence-corrected chi connectivity index (χ3v) is 124. The molecule has 2 aromatic rings. The summed E-state index contributed by atoms with van der Waals surface area (Å²) in [6.45, 7) is 28.6. The van der Waals surface area contributed by atoms with Gasteiger partial charge in [0, 0.05) is 0 Å². The summed E-state index contributed by atoms with van der Waals surface area (Å²) in [6, 6.07) is 24.4. The molecule has 2 heterocycles. The highest BCUT2D eigenvalue weighted by molar-refractivity contribution is 8.60. The van der Waals surface area contributed by atoms with E-state index in [2.05, 4.69) is 144 Å². The number of hydrogen-bond acceptors (Lipinski definition) is 0. The van der Waals surface area contributed by atoms with E-state index in [9.17, 15) is 0 Å². The third kappa shape index (κ3) is 2.16. The van der Waals surface area contributed by atoms with Gasteiger partial charge >= 0.3 is 0 Å². The summed E-state index contributed by atoms with van der Waals surface area (Å²) in [7, 11) is -3.32. The van der Waals surface area contributed by atoms with Crippen LogP contribution in [0.5, 0.6) is 0 Å². The first kappa shape index (κ1) is 24.4. The van der Waals surface area contributed by atoms with E-state index in [1.54, 1.807) is 0 Å². The first-order valence-electron chi connectivity index (χ1n) is 12.6. The second kappa shape index (κ2) is 6.50. The van der Waals surface area contributed by atoms with Gasteiger partial charge in [-0.2, -0.15) is 0 Å². The van der Waals surface area contributed by atoms with Gasteiger partial charge in [-0.1, -0.05) is 154 Å². The predicted octanol–water partition coefficient (Wildman–Crippen LogP) is 7.22. The zero-order valence-corrected chi connectivity index (χ0v) is 26.8. The van der Waals surface area contributed by atoms with Crippen molar-refractivity contribution in [3.05, 3.63) is 60.7 Å². The molecule has 32 heavy (non-hydrogen) atoms. The van der Waals surface area contributed by atoms with Gasteiger partial charge in [0.1, 0.15) is 0 Å². The molecule has 0 radical (unpaired) electrons. The van der Waals surface area contributed by atoms with Gasteiger partial charge in [-0.15, -0.1) is 0 Å². The first-order valence-corrected chi connectivity index (χ1v) is 25.6. The second-order valence-corrected chi connectivity index (χ2v) is 62.4. The Bertz CT molecular complexity index is 886. The summed E-state index contributed by atoms with van der Waals surface area (Å²) in [5, 5.41) is 5.46. The molecule has 0 saturated carbocycles. The van der Waals surface area contributed by atoms with Crippen molar-refractivity contribution in [1.82, 2.24) is 0 Å². The van der Waals surface area contributed by atoms with Crippen molar-refractivity contribution in [3.8, 4) is 0 Å². The van der Waals surface area contributed by atoms with Gasteiger partial charge in [-0.25, -0.2) is 0 Å². The van der Waals surface area contributed by atoms with E-state index in [0.717, 1.165) is 0 Å². The fraction of sp³-hybridized carbons (Fsp3) is 0.571. The molecule has 0 aromatic heterocycles. The molecule has 2 aliphatic rings. The fourth-order valence-corrected chi connectivity index (χ4v) is 251. The topological polar surface area (TPSA) is 0 Å². The number of benzene rings is 2. The molecule has 2 fully saturated rings. The van der Waals surface area contributed by atoms with Crippen LogP contribution in [0.2, 0.25) is 20.2 Å². The van der Waals surface area contributed by atoms with Crippen molar-refractivity contribution >= 4 is 37.8 Å². The summed E-state index contributed by atoms with van der Waals surface area (Å²) in [5.74, 6) is 0. The lowest BCUT2D eigenvalue weighted by Crippen LogP contribution is -2.79. The Balaban J connectivity index is 2.28. The summed E-state index contributed by atoms with van der Waals surface area (Å²) in [6.07, 6.45) is 0. The molecule has 0 unspecified atom stereocenters. The standard InChI is InChI=1S/C28H46Si4/c1-25(2,3)31(26(4,5)6)29(23-19-15-13-16-20-23)30(31,24-21-17-14-18-22-24)32(29,27(7,8)9)28(10,11)12/h13-22H,1-12H3. The van der Waals surface area contributed by atoms with E-state index >= 15 is 0 Å². The van der Waals surface area contributed by atoms with Gasteiger partial charge in [0.2, 0.25) is 0 Å². The molecule has 0 bridgehead atoms. The minimum atomic E-state index is -1.69. The zero-order valence-electron chi connectivity index (χ0n) is 22.8. The molecule has 0 amide bonds. The lowest BCUT2D eigenvalue weighted by molar-refractivity contribution is 0.637. The Hall–Kier alpha value is -0.692. The first-order chi connectivity index (χ1) is 14.5. The molecule has 0 spiro atoms. The van der Waals surface area contributed by atoms with Crippen LogP contribution in [-0.4, -0.2) is 27.5 Å². The number of fused-ring (bicyclic) bond motifs is 1. The van der Waals surface area contributed by atoms with Gasteiger partial charge in [0.15, 0.2) is 0 Å². The van der Waals surface area contributed by atoms with Gasteiger partial charge in [-0.3, -0.25) is 0 Å². The smallest absolute Gasteiger partial charge is 0.0675 e. The maximum atomic E-state index is 2.66. The van der Waals surface area contributed by atoms with Gasteiger partial charge in [0.05, 0.1) is 27.5 Å². The maximum Gasteiger partial charge on any atom is 0.0679 e. The molecule has 0 nitrogen and oxygen atoms in total. The summed E-state index contributed by atoms with van der Waals surface area (Å²) in [4.78, 5) is 0. The Morgan fingerprint density at radius 3 is 0.781 bits per heavy atom. The molecule has 2 saturated heterocycles. The molecule has 174 valence electrons. The van der Waals surface area contributed by atoms with Crippen LogP contribution in [-0.2, 0) is 0 Å². The van der Waals surface area contributed by atoms with E-state index in [-0.39, 0.29) is 0 Å². The highest BCUT2D eigenvalue weighted by Gasteiger charge is 3.20. The molecule has 2 aromatic carbocycles. The van der Waals surface area contributed by atoms with Crippen LogP contribution in [0.3, 0.4) is 0 Å². The molecular weight excluding hydrogens is 449 g/mol. The van der Waals surface area contributed by atoms with Crippen LogP contribution < -0.4 is 10.4 Å². The highest BCUT2D eigenvalue weighted by atomic mass is 30.7. The SMILES string of the molecule is CC(C)(C)[Si]1(C(C)(C)C)[Si]2(c3ccccc3)[Si](C(C)(C)C)(C(C)(C)C)[Si]12c1ccccc1. The number of rotatable bonds is 2. The van der Waals surface area contributed by atoms with E-state index in [4.69, 9.17) is 0 Å². The van der Waals surface area contributed by atoms with Crippen molar-refractivity contribution in [1.29, 1.82) is 0 Å². The van der Waals surface area contributed by atoms with Crippen molar-refractivity contribution in [2.75, 3.05) is 0 Å². The van der Waals surface area contributed by atoms with Gasteiger partial charge in [-0.05, 0) is 20.2 Å². The summed E-state index contributed by atoms with van der Waals surface area (Å²) >= 11 is 0. The Kier molecular flexibility index (Phi) is 4.96. The molecule has 2 aliphatic heterocycles. The predicted molar refractivity (Wildman–Crippen MR) is 154 cm³/mol. The molecule has 0 atom stereocenters. The van der Waals surface area contributed by atoms with E-state index in [1.807, 2.05) is 10.4 Å². The Morgan fingerprint density at radius 1 is 0.375 bits per heavy atom. The Labute approximate surface area is 201 Å². The van der Waals surface area contributed by atoms with Crippen molar-refractivity contribution in [2.45, 2.75) is 103 Å². The van der Waals surface area contributed by atoms with Crippen LogP contribution in [0.15, 0.2) is 60.7 Å². The molecule has 4 heteroatoms. The van der Waals surface area contributed by atoms with Crippen LogP contribution in [0.25, 0.3) is 0 Å². The molecule has 4 rings (SSSR count). The van der Waals surface area contributed by atoms with E-state index in [1.165, 1.54) is 0 Å². The maximum absolute atomic E-state index is 2.66. The second-order valence-electron chi connectivity index (χ2n) is 14.7. The summed E-state index contributed by atoms with van der Waals surface area (Å²) in [5.41, 5.74) is 0. The van der Waals surface area contributed by atoms with E-state index in [0.29, 0.717) is 20.2 Å². The lowest BCUT2D eigenvalue weighted by Gasteiger charge is -2.62. The fourth-order valence-electron chi connectivity index (χ4n) is 11.1. The average Bonchev–Trinajstić information content (AvgIpc) is 3.43. The Morgan fingerprint density at radius 2 is 0.594 bits per heavy atom. The zero-order chi connectivity index (χ0) is 24.2. The van der Waals surface area contributed by atoms with Crippen LogP contribution >= 0.6 is 0 Å².